The average Bonchev–Trinajstić information content (AvgIpc) is 2.38. The molecule has 0 saturated heterocycles. The van der Waals surface area contributed by atoms with Gasteiger partial charge in [0.15, 0.2) is 23.4 Å². The molecule has 3 heteroatoms. The monoisotopic (exact) mass is 248 g/mol. The number of hydrogen-bond acceptors (Lipinski definition) is 3. The van der Waals surface area contributed by atoms with Crippen LogP contribution in [0.25, 0.3) is 0 Å². The van der Waals surface area contributed by atoms with E-state index in [1.165, 1.54) is 0 Å². The Labute approximate surface area is 108 Å². The molecule has 98 valence electrons. The van der Waals surface area contributed by atoms with E-state index < -0.39 is 6.10 Å². The number of Topliss-reactive ketones (excluding diaryl/α,β-unsaturated/α-hetero) is 1. The van der Waals surface area contributed by atoms with Crippen molar-refractivity contribution in [1.29, 1.82) is 0 Å². The van der Waals surface area contributed by atoms with Crippen LogP contribution in [-0.2, 0) is 4.79 Å². The van der Waals surface area contributed by atoms with Gasteiger partial charge in [-0.05, 0) is 18.1 Å². The van der Waals surface area contributed by atoms with Gasteiger partial charge >= 0.3 is 0 Å². The van der Waals surface area contributed by atoms with E-state index in [0.717, 1.165) is 18.6 Å². The zero-order valence-corrected chi connectivity index (χ0v) is 11.0. The number of carbonyl (C=O) groups excluding carboxylic acids is 1. The third kappa shape index (κ3) is 3.03. The highest BCUT2D eigenvalue weighted by Crippen LogP contribution is 2.31. The average molecular weight is 248 g/mol. The number of benzene rings is 1. The number of rotatable bonds is 5. The first-order chi connectivity index (χ1) is 8.70. The molecule has 3 nitrogen and oxygen atoms in total. The van der Waals surface area contributed by atoms with Crippen LogP contribution in [0.2, 0.25) is 0 Å². The van der Waals surface area contributed by atoms with E-state index >= 15 is 0 Å². The standard InChI is InChI=1S/C15H20O3/c1-3-6-11(2)9-12(16)15-10-17-13-7-4-5-8-14(13)18-15/h4-5,7-8,11,15H,3,6,9-10H2,1-2H3. The summed E-state index contributed by atoms with van der Waals surface area (Å²) in [6.45, 7) is 4.57. The zero-order valence-electron chi connectivity index (χ0n) is 11.0. The van der Waals surface area contributed by atoms with Crippen molar-refractivity contribution in [3.05, 3.63) is 24.3 Å². The molecule has 0 spiro atoms. The van der Waals surface area contributed by atoms with Gasteiger partial charge in [0, 0.05) is 6.42 Å². The highest BCUT2D eigenvalue weighted by Gasteiger charge is 2.27. The lowest BCUT2D eigenvalue weighted by Gasteiger charge is -2.26. The number of carbonyl (C=O) groups is 1. The molecule has 0 fully saturated rings. The summed E-state index contributed by atoms with van der Waals surface area (Å²) in [5, 5.41) is 0. The molecule has 0 saturated carbocycles. The normalized spacial score (nSPS) is 19.3. The van der Waals surface area contributed by atoms with Gasteiger partial charge in [-0.15, -0.1) is 0 Å². The van der Waals surface area contributed by atoms with Gasteiger partial charge in [-0.3, -0.25) is 4.79 Å². The Balaban J connectivity index is 1.94. The van der Waals surface area contributed by atoms with Crippen LogP contribution in [0.4, 0.5) is 0 Å². The van der Waals surface area contributed by atoms with E-state index in [-0.39, 0.29) is 5.78 Å². The number of para-hydroxylation sites is 2. The molecule has 0 bridgehead atoms. The molecule has 1 aromatic rings. The zero-order chi connectivity index (χ0) is 13.0. The number of hydrogen-bond donors (Lipinski definition) is 0. The van der Waals surface area contributed by atoms with Gasteiger partial charge in [-0.2, -0.15) is 0 Å². The first-order valence-electron chi connectivity index (χ1n) is 6.62. The van der Waals surface area contributed by atoms with Crippen LogP contribution in [0.15, 0.2) is 24.3 Å². The van der Waals surface area contributed by atoms with Crippen LogP contribution in [0.5, 0.6) is 11.5 Å². The SMILES string of the molecule is CCCC(C)CC(=O)C1COc2ccccc2O1. The summed E-state index contributed by atoms with van der Waals surface area (Å²) in [4.78, 5) is 12.1. The Kier molecular flexibility index (Phi) is 4.24. The van der Waals surface area contributed by atoms with Gasteiger partial charge in [-0.1, -0.05) is 38.8 Å². The Morgan fingerprint density at radius 1 is 1.39 bits per heavy atom. The molecule has 0 aliphatic carbocycles. The first kappa shape index (κ1) is 12.9. The maximum absolute atomic E-state index is 12.1. The van der Waals surface area contributed by atoms with E-state index in [9.17, 15) is 4.79 Å². The van der Waals surface area contributed by atoms with Crippen LogP contribution >= 0.6 is 0 Å². The highest BCUT2D eigenvalue weighted by atomic mass is 16.6. The van der Waals surface area contributed by atoms with Crippen molar-refractivity contribution in [2.24, 2.45) is 5.92 Å². The van der Waals surface area contributed by atoms with Gasteiger partial charge in [0.05, 0.1) is 0 Å². The van der Waals surface area contributed by atoms with E-state index in [2.05, 4.69) is 13.8 Å². The Morgan fingerprint density at radius 2 is 2.11 bits per heavy atom. The van der Waals surface area contributed by atoms with Crippen molar-refractivity contribution in [2.45, 2.75) is 39.2 Å². The fraction of sp³-hybridized carbons (Fsp3) is 0.533. The Morgan fingerprint density at radius 3 is 2.83 bits per heavy atom. The lowest BCUT2D eigenvalue weighted by atomic mass is 9.97. The molecule has 0 aromatic heterocycles. The number of ketones is 1. The van der Waals surface area contributed by atoms with Crippen LogP contribution in [0.1, 0.15) is 33.1 Å². The van der Waals surface area contributed by atoms with Crippen LogP contribution in [0.3, 0.4) is 0 Å². The Hall–Kier alpha value is -1.51. The van der Waals surface area contributed by atoms with Gasteiger partial charge in [-0.25, -0.2) is 0 Å². The second-order valence-electron chi connectivity index (χ2n) is 4.93. The largest absolute Gasteiger partial charge is 0.485 e. The second-order valence-corrected chi connectivity index (χ2v) is 4.93. The molecule has 1 aliphatic rings. The summed E-state index contributed by atoms with van der Waals surface area (Å²) in [7, 11) is 0. The maximum atomic E-state index is 12.1. The third-order valence-corrected chi connectivity index (χ3v) is 3.20. The van der Waals surface area contributed by atoms with Crippen molar-refractivity contribution >= 4 is 5.78 Å². The molecular formula is C15H20O3. The van der Waals surface area contributed by atoms with Gasteiger partial charge in [0.1, 0.15) is 6.61 Å². The second kappa shape index (κ2) is 5.89. The minimum absolute atomic E-state index is 0.144. The molecular weight excluding hydrogens is 228 g/mol. The summed E-state index contributed by atoms with van der Waals surface area (Å²) < 4.78 is 11.3. The fourth-order valence-corrected chi connectivity index (χ4v) is 2.25. The third-order valence-electron chi connectivity index (χ3n) is 3.20. The highest BCUT2D eigenvalue weighted by molar-refractivity contribution is 5.84. The fourth-order valence-electron chi connectivity index (χ4n) is 2.25. The van der Waals surface area contributed by atoms with Crippen molar-refractivity contribution in [2.75, 3.05) is 6.61 Å². The summed E-state index contributed by atoms with van der Waals surface area (Å²) in [5.74, 6) is 1.96. The minimum Gasteiger partial charge on any atom is -0.485 e. The molecule has 0 radical (unpaired) electrons. The lowest BCUT2D eigenvalue weighted by molar-refractivity contribution is -0.129. The number of ether oxygens (including phenoxy) is 2. The van der Waals surface area contributed by atoms with Crippen molar-refractivity contribution in [3.63, 3.8) is 0 Å². The van der Waals surface area contributed by atoms with Crippen LogP contribution in [-0.4, -0.2) is 18.5 Å². The lowest BCUT2D eigenvalue weighted by Crippen LogP contribution is -2.37. The topological polar surface area (TPSA) is 35.5 Å². The van der Waals surface area contributed by atoms with Crippen LogP contribution in [0, 0.1) is 5.92 Å². The van der Waals surface area contributed by atoms with E-state index in [0.29, 0.717) is 24.7 Å². The minimum atomic E-state index is -0.445. The molecule has 1 heterocycles. The molecule has 2 atom stereocenters. The summed E-state index contributed by atoms with van der Waals surface area (Å²) >= 11 is 0. The molecule has 1 aromatic carbocycles. The quantitative estimate of drug-likeness (QED) is 0.802. The van der Waals surface area contributed by atoms with Gasteiger partial charge in [0.25, 0.3) is 0 Å². The van der Waals surface area contributed by atoms with E-state index in [4.69, 9.17) is 9.47 Å². The van der Waals surface area contributed by atoms with Gasteiger partial charge < -0.3 is 9.47 Å². The first-order valence-corrected chi connectivity index (χ1v) is 6.62. The van der Waals surface area contributed by atoms with Crippen molar-refractivity contribution in [1.82, 2.24) is 0 Å². The summed E-state index contributed by atoms with van der Waals surface area (Å²) in [6.07, 6.45) is 2.32. The Bertz CT molecular complexity index is 414. The predicted octanol–water partition coefficient (Wildman–Crippen LogP) is 3.22. The van der Waals surface area contributed by atoms with Crippen molar-refractivity contribution in [3.8, 4) is 11.5 Å². The molecule has 0 amide bonds. The predicted molar refractivity (Wildman–Crippen MR) is 70.0 cm³/mol. The van der Waals surface area contributed by atoms with Crippen molar-refractivity contribution < 1.29 is 14.3 Å². The van der Waals surface area contributed by atoms with E-state index in [1.807, 2.05) is 24.3 Å². The van der Waals surface area contributed by atoms with Gasteiger partial charge in [0.2, 0.25) is 0 Å². The van der Waals surface area contributed by atoms with Crippen LogP contribution < -0.4 is 9.47 Å². The smallest absolute Gasteiger partial charge is 0.190 e. The van der Waals surface area contributed by atoms with E-state index in [1.54, 1.807) is 0 Å². The molecule has 0 N–H and O–H groups in total. The molecule has 1 aliphatic heterocycles. The number of fused-ring (bicyclic) bond motifs is 1. The summed E-state index contributed by atoms with van der Waals surface area (Å²) in [5.41, 5.74) is 0. The molecule has 2 rings (SSSR count). The molecule has 18 heavy (non-hydrogen) atoms. The maximum Gasteiger partial charge on any atom is 0.190 e. The molecule has 2 unspecified atom stereocenters. The summed E-state index contributed by atoms with van der Waals surface area (Å²) in [6, 6.07) is 7.47.